The van der Waals surface area contributed by atoms with Crippen LogP contribution in [0.2, 0.25) is 10.0 Å². The average molecular weight is 395 g/mol. The Hall–Kier alpha value is -2.77. The lowest BCUT2D eigenvalue weighted by Gasteiger charge is -2.09. The van der Waals surface area contributed by atoms with Crippen molar-refractivity contribution in [2.75, 3.05) is 10.6 Å². The highest BCUT2D eigenvalue weighted by molar-refractivity contribution is 6.43. The summed E-state index contributed by atoms with van der Waals surface area (Å²) >= 11 is 12.0. The molecule has 0 unspecified atom stereocenters. The lowest BCUT2D eigenvalue weighted by molar-refractivity contribution is 0.102. The lowest BCUT2D eigenvalue weighted by Crippen LogP contribution is -2.14. The predicted molar refractivity (Wildman–Crippen MR) is 96.1 cm³/mol. The Kier molecular flexibility index (Phi) is 5.29. The van der Waals surface area contributed by atoms with E-state index in [4.69, 9.17) is 23.2 Å². The van der Waals surface area contributed by atoms with E-state index in [9.17, 15) is 13.6 Å². The maximum Gasteiger partial charge on any atom is 0.258 e. The normalized spacial score (nSPS) is 10.5. The van der Waals surface area contributed by atoms with Crippen LogP contribution in [-0.4, -0.2) is 15.9 Å². The van der Waals surface area contributed by atoms with Gasteiger partial charge >= 0.3 is 0 Å². The Labute approximate surface area is 157 Å². The van der Waals surface area contributed by atoms with Crippen LogP contribution in [0.3, 0.4) is 0 Å². The minimum Gasteiger partial charge on any atom is -0.323 e. The van der Waals surface area contributed by atoms with Gasteiger partial charge in [-0.15, -0.1) is 0 Å². The van der Waals surface area contributed by atoms with Gasteiger partial charge in [-0.1, -0.05) is 29.3 Å². The zero-order chi connectivity index (χ0) is 18.7. The molecule has 0 bridgehead atoms. The molecule has 0 atom stereocenters. The fourth-order valence-electron chi connectivity index (χ4n) is 2.02. The molecule has 0 saturated carbocycles. The molecular formula is C17H10Cl2F2N4O. The summed E-state index contributed by atoms with van der Waals surface area (Å²) in [7, 11) is 0. The van der Waals surface area contributed by atoms with Crippen LogP contribution >= 0.6 is 23.2 Å². The number of nitrogens with zero attached hydrogens (tertiary/aromatic N) is 2. The average Bonchev–Trinajstić information content (AvgIpc) is 2.62. The van der Waals surface area contributed by atoms with E-state index in [1.807, 2.05) is 0 Å². The first kappa shape index (κ1) is 18.0. The van der Waals surface area contributed by atoms with Crippen molar-refractivity contribution in [3.8, 4) is 0 Å². The van der Waals surface area contributed by atoms with Crippen molar-refractivity contribution in [1.82, 2.24) is 9.97 Å². The number of aromatic nitrogens is 2. The Morgan fingerprint density at radius 3 is 2.42 bits per heavy atom. The number of benzene rings is 2. The highest BCUT2D eigenvalue weighted by Gasteiger charge is 2.12. The Morgan fingerprint density at radius 1 is 1.00 bits per heavy atom. The standard InChI is InChI=1S/C17H10Cl2F2N4O/c18-11-2-1-3-14(15(11)19)25-17-22-7-9(8-23-17)16(26)24-13-5-4-10(20)6-12(13)21/h1-8H,(H,24,26)(H,22,23,25). The SMILES string of the molecule is O=C(Nc1ccc(F)cc1F)c1cnc(Nc2cccc(Cl)c2Cl)nc1. The smallest absolute Gasteiger partial charge is 0.258 e. The fourth-order valence-corrected chi connectivity index (χ4v) is 2.36. The van der Waals surface area contributed by atoms with Crippen molar-refractivity contribution >= 4 is 46.4 Å². The Bertz CT molecular complexity index is 967. The summed E-state index contributed by atoms with van der Waals surface area (Å²) in [5.74, 6) is -2.06. The van der Waals surface area contributed by atoms with Gasteiger partial charge in [-0.05, 0) is 24.3 Å². The van der Waals surface area contributed by atoms with Gasteiger partial charge in [0.1, 0.15) is 11.6 Å². The summed E-state index contributed by atoms with van der Waals surface area (Å²) in [5, 5.41) is 5.87. The first-order valence-corrected chi connectivity index (χ1v) is 7.99. The van der Waals surface area contributed by atoms with Crippen molar-refractivity contribution < 1.29 is 13.6 Å². The van der Waals surface area contributed by atoms with Crippen LogP contribution in [0.25, 0.3) is 0 Å². The van der Waals surface area contributed by atoms with E-state index in [1.165, 1.54) is 12.4 Å². The zero-order valence-electron chi connectivity index (χ0n) is 12.9. The predicted octanol–water partition coefficient (Wildman–Crippen LogP) is 5.06. The number of carbonyl (C=O) groups excluding carboxylic acids is 1. The fraction of sp³-hybridized carbons (Fsp3) is 0. The monoisotopic (exact) mass is 394 g/mol. The molecule has 0 fully saturated rings. The second-order valence-electron chi connectivity index (χ2n) is 5.10. The molecule has 3 rings (SSSR count). The maximum absolute atomic E-state index is 13.6. The Morgan fingerprint density at radius 2 is 1.73 bits per heavy atom. The second kappa shape index (κ2) is 7.63. The van der Waals surface area contributed by atoms with E-state index >= 15 is 0 Å². The van der Waals surface area contributed by atoms with Crippen LogP contribution < -0.4 is 10.6 Å². The van der Waals surface area contributed by atoms with Gasteiger partial charge in [0.15, 0.2) is 0 Å². The molecule has 1 heterocycles. The van der Waals surface area contributed by atoms with Crippen molar-refractivity contribution in [2.24, 2.45) is 0 Å². The van der Waals surface area contributed by atoms with Crippen LogP contribution in [0.4, 0.5) is 26.1 Å². The molecule has 0 saturated heterocycles. The number of halogens is 4. The largest absolute Gasteiger partial charge is 0.323 e. The molecule has 26 heavy (non-hydrogen) atoms. The highest BCUT2D eigenvalue weighted by Crippen LogP contribution is 2.30. The molecule has 132 valence electrons. The minimum absolute atomic E-state index is 0.0940. The summed E-state index contributed by atoms with van der Waals surface area (Å²) < 4.78 is 26.5. The number of hydrogen-bond acceptors (Lipinski definition) is 4. The summed E-state index contributed by atoms with van der Waals surface area (Å²) in [4.78, 5) is 20.1. The number of amides is 1. The van der Waals surface area contributed by atoms with Crippen LogP contribution in [0.1, 0.15) is 10.4 Å². The molecule has 0 aliphatic carbocycles. The summed E-state index contributed by atoms with van der Waals surface area (Å²) in [6.45, 7) is 0. The lowest BCUT2D eigenvalue weighted by atomic mass is 10.2. The van der Waals surface area contributed by atoms with Crippen molar-refractivity contribution in [3.05, 3.63) is 76.0 Å². The van der Waals surface area contributed by atoms with Gasteiger partial charge in [-0.2, -0.15) is 0 Å². The topological polar surface area (TPSA) is 66.9 Å². The minimum atomic E-state index is -0.881. The third kappa shape index (κ3) is 4.07. The summed E-state index contributed by atoms with van der Waals surface area (Å²) in [6.07, 6.45) is 2.51. The van der Waals surface area contributed by atoms with E-state index in [0.717, 1.165) is 12.1 Å². The number of hydrogen-bond donors (Lipinski definition) is 2. The summed E-state index contributed by atoms with van der Waals surface area (Å²) in [6, 6.07) is 7.87. The summed E-state index contributed by atoms with van der Waals surface area (Å²) in [5.41, 5.74) is 0.450. The van der Waals surface area contributed by atoms with Gasteiger partial charge in [-0.3, -0.25) is 4.79 Å². The van der Waals surface area contributed by atoms with E-state index in [1.54, 1.807) is 18.2 Å². The van der Waals surface area contributed by atoms with Gasteiger partial charge < -0.3 is 10.6 Å². The zero-order valence-corrected chi connectivity index (χ0v) is 14.4. The third-order valence-electron chi connectivity index (χ3n) is 3.29. The molecule has 0 radical (unpaired) electrons. The van der Waals surface area contributed by atoms with Gasteiger partial charge in [0.2, 0.25) is 5.95 Å². The second-order valence-corrected chi connectivity index (χ2v) is 5.89. The van der Waals surface area contributed by atoms with Crippen molar-refractivity contribution in [2.45, 2.75) is 0 Å². The van der Waals surface area contributed by atoms with E-state index < -0.39 is 17.5 Å². The maximum atomic E-state index is 13.6. The molecule has 0 aliphatic heterocycles. The van der Waals surface area contributed by atoms with Gasteiger partial charge in [0, 0.05) is 18.5 Å². The van der Waals surface area contributed by atoms with Gasteiger partial charge in [0.25, 0.3) is 5.91 Å². The first-order chi connectivity index (χ1) is 12.4. The number of rotatable bonds is 4. The molecule has 2 N–H and O–H groups in total. The van der Waals surface area contributed by atoms with E-state index in [-0.39, 0.29) is 17.2 Å². The van der Waals surface area contributed by atoms with Crippen molar-refractivity contribution in [3.63, 3.8) is 0 Å². The molecule has 9 heteroatoms. The number of nitrogens with one attached hydrogen (secondary N) is 2. The Balaban J connectivity index is 1.72. The van der Waals surface area contributed by atoms with Gasteiger partial charge in [0.05, 0.1) is 27.0 Å². The van der Waals surface area contributed by atoms with Crippen LogP contribution in [-0.2, 0) is 0 Å². The van der Waals surface area contributed by atoms with E-state index in [0.29, 0.717) is 21.8 Å². The highest BCUT2D eigenvalue weighted by atomic mass is 35.5. The molecule has 3 aromatic rings. The molecule has 0 aliphatic rings. The van der Waals surface area contributed by atoms with Crippen LogP contribution in [0.5, 0.6) is 0 Å². The van der Waals surface area contributed by atoms with E-state index in [2.05, 4.69) is 20.6 Å². The molecular weight excluding hydrogens is 385 g/mol. The first-order valence-electron chi connectivity index (χ1n) is 7.23. The number of carbonyl (C=O) groups is 1. The quantitative estimate of drug-likeness (QED) is 0.648. The molecule has 5 nitrogen and oxygen atoms in total. The van der Waals surface area contributed by atoms with Crippen LogP contribution in [0.15, 0.2) is 48.8 Å². The third-order valence-corrected chi connectivity index (χ3v) is 4.11. The van der Waals surface area contributed by atoms with Crippen molar-refractivity contribution in [1.29, 1.82) is 0 Å². The van der Waals surface area contributed by atoms with Gasteiger partial charge in [-0.25, -0.2) is 18.7 Å². The molecule has 1 aromatic heterocycles. The number of anilines is 3. The molecule has 2 aromatic carbocycles. The van der Waals surface area contributed by atoms with Crippen LogP contribution in [0, 0.1) is 11.6 Å². The molecule has 1 amide bonds. The molecule has 0 spiro atoms.